The summed E-state index contributed by atoms with van der Waals surface area (Å²) in [5, 5.41) is 6.11. The van der Waals surface area contributed by atoms with Gasteiger partial charge in [-0.2, -0.15) is 0 Å². The first-order valence-electron chi connectivity index (χ1n) is 11.5. The lowest BCUT2D eigenvalue weighted by molar-refractivity contribution is 0.0786. The maximum Gasteiger partial charge on any atom is 0.253 e. The molecule has 0 radical (unpaired) electrons. The number of anilines is 2. The largest absolute Gasteiger partial charge is 0.497 e. The normalized spacial score (nSPS) is 16.8. The fraction of sp³-hybridized carbons (Fsp3) is 0.308. The van der Waals surface area contributed by atoms with E-state index < -0.39 is 0 Å². The van der Waals surface area contributed by atoms with E-state index in [0.29, 0.717) is 41.0 Å². The summed E-state index contributed by atoms with van der Waals surface area (Å²) in [7, 11) is 1.57. The minimum Gasteiger partial charge on any atom is -0.497 e. The molecule has 1 saturated heterocycles. The molecule has 174 valence electrons. The number of carbonyl (C=O) groups is 2. The minimum absolute atomic E-state index is 0.0768. The van der Waals surface area contributed by atoms with Gasteiger partial charge in [0.2, 0.25) is 5.95 Å². The fourth-order valence-electron chi connectivity index (χ4n) is 4.50. The average molecular weight is 458 g/mol. The summed E-state index contributed by atoms with van der Waals surface area (Å²) < 4.78 is 5.28. The van der Waals surface area contributed by atoms with Crippen LogP contribution in [0.3, 0.4) is 0 Å². The van der Waals surface area contributed by atoms with E-state index in [1.54, 1.807) is 19.4 Å². The zero-order chi connectivity index (χ0) is 23.7. The molecule has 8 nitrogen and oxygen atoms in total. The third-order valence-electron chi connectivity index (χ3n) is 6.57. The summed E-state index contributed by atoms with van der Waals surface area (Å²) in [5.74, 6) is 1.53. The molecule has 2 aromatic carbocycles. The number of hydrogen-bond acceptors (Lipinski definition) is 6. The number of amides is 2. The van der Waals surface area contributed by atoms with Crippen LogP contribution in [0.1, 0.15) is 46.0 Å². The first-order chi connectivity index (χ1) is 16.6. The lowest BCUT2D eigenvalue weighted by Gasteiger charge is -2.16. The van der Waals surface area contributed by atoms with Crippen LogP contribution < -0.4 is 15.4 Å². The molecule has 0 aliphatic carbocycles. The Hall–Kier alpha value is -3.94. The van der Waals surface area contributed by atoms with Crippen molar-refractivity contribution in [2.24, 2.45) is 5.92 Å². The first kappa shape index (κ1) is 21.9. The molecule has 1 aromatic heterocycles. The lowest BCUT2D eigenvalue weighted by Crippen LogP contribution is -2.28. The van der Waals surface area contributed by atoms with Crippen molar-refractivity contribution in [3.8, 4) is 17.0 Å². The Labute approximate surface area is 198 Å². The van der Waals surface area contributed by atoms with E-state index in [0.717, 1.165) is 42.7 Å². The molecule has 2 amide bonds. The minimum atomic E-state index is -0.176. The molecule has 0 bridgehead atoms. The predicted molar refractivity (Wildman–Crippen MR) is 129 cm³/mol. The number of nitrogens with zero attached hydrogens (tertiary/aromatic N) is 3. The van der Waals surface area contributed by atoms with E-state index in [9.17, 15) is 9.59 Å². The highest BCUT2D eigenvalue weighted by atomic mass is 16.5. The van der Waals surface area contributed by atoms with Gasteiger partial charge in [0.05, 0.1) is 18.4 Å². The Morgan fingerprint density at radius 3 is 2.76 bits per heavy atom. The van der Waals surface area contributed by atoms with Crippen molar-refractivity contribution in [3.05, 3.63) is 65.4 Å². The molecule has 0 saturated carbocycles. The Morgan fingerprint density at radius 1 is 1.21 bits per heavy atom. The summed E-state index contributed by atoms with van der Waals surface area (Å²) in [4.78, 5) is 36.4. The second-order valence-corrected chi connectivity index (χ2v) is 8.68. The molecular weight excluding hydrogens is 430 g/mol. The number of methoxy groups -OCH3 is 1. The number of carbonyl (C=O) groups excluding carboxylic acids is 2. The highest BCUT2D eigenvalue weighted by molar-refractivity contribution is 6.02. The maximum atomic E-state index is 12.8. The van der Waals surface area contributed by atoms with Gasteiger partial charge in [-0.25, -0.2) is 9.97 Å². The molecule has 3 heterocycles. The quantitative estimate of drug-likeness (QED) is 0.601. The third-order valence-corrected chi connectivity index (χ3v) is 6.57. The molecule has 2 aliphatic heterocycles. The molecule has 2 aliphatic rings. The third kappa shape index (κ3) is 4.19. The van der Waals surface area contributed by atoms with Crippen LogP contribution in [0.5, 0.6) is 5.75 Å². The van der Waals surface area contributed by atoms with E-state index >= 15 is 0 Å². The molecule has 8 heteroatoms. The summed E-state index contributed by atoms with van der Waals surface area (Å²) in [6.07, 6.45) is 3.91. The number of likely N-dealkylation sites (tertiary alicyclic amines) is 1. The zero-order valence-electron chi connectivity index (χ0n) is 19.3. The first-order valence-corrected chi connectivity index (χ1v) is 11.5. The Balaban J connectivity index is 1.37. The predicted octanol–water partition coefficient (Wildman–Crippen LogP) is 4.01. The van der Waals surface area contributed by atoms with Crippen LogP contribution in [-0.2, 0) is 6.54 Å². The van der Waals surface area contributed by atoms with Gasteiger partial charge in [0.25, 0.3) is 11.8 Å². The summed E-state index contributed by atoms with van der Waals surface area (Å²) >= 11 is 0. The zero-order valence-corrected chi connectivity index (χ0v) is 19.3. The van der Waals surface area contributed by atoms with Gasteiger partial charge in [0.15, 0.2) is 0 Å². The summed E-state index contributed by atoms with van der Waals surface area (Å²) in [6, 6.07) is 12.8. The van der Waals surface area contributed by atoms with Crippen molar-refractivity contribution in [2.45, 2.75) is 26.3 Å². The Kier molecular flexibility index (Phi) is 5.88. The number of hydrogen-bond donors (Lipinski definition) is 2. The molecule has 1 unspecified atom stereocenters. The van der Waals surface area contributed by atoms with Crippen molar-refractivity contribution in [2.75, 3.05) is 25.5 Å². The highest BCUT2D eigenvalue weighted by Gasteiger charge is 2.26. The van der Waals surface area contributed by atoms with Gasteiger partial charge in [-0.3, -0.25) is 9.59 Å². The monoisotopic (exact) mass is 457 g/mol. The van der Waals surface area contributed by atoms with Crippen molar-refractivity contribution < 1.29 is 14.3 Å². The van der Waals surface area contributed by atoms with Crippen LogP contribution in [-0.4, -0.2) is 46.9 Å². The molecule has 34 heavy (non-hydrogen) atoms. The second kappa shape index (κ2) is 9.13. The van der Waals surface area contributed by atoms with Gasteiger partial charge < -0.3 is 20.3 Å². The lowest BCUT2D eigenvalue weighted by atomic mass is 10.0. The van der Waals surface area contributed by atoms with Crippen molar-refractivity contribution in [1.82, 2.24) is 20.2 Å². The van der Waals surface area contributed by atoms with E-state index in [-0.39, 0.29) is 11.8 Å². The maximum absolute atomic E-state index is 12.8. The number of fused-ring (bicyclic) bond motifs is 3. The van der Waals surface area contributed by atoms with Gasteiger partial charge in [-0.1, -0.05) is 13.3 Å². The van der Waals surface area contributed by atoms with Crippen LogP contribution in [0.25, 0.3) is 11.3 Å². The van der Waals surface area contributed by atoms with Crippen molar-refractivity contribution in [3.63, 3.8) is 0 Å². The Morgan fingerprint density at radius 2 is 2.03 bits per heavy atom. The number of rotatable bonds is 5. The number of ether oxygens (including phenoxy) is 1. The van der Waals surface area contributed by atoms with Crippen LogP contribution >= 0.6 is 0 Å². The van der Waals surface area contributed by atoms with Gasteiger partial charge >= 0.3 is 0 Å². The average Bonchev–Trinajstić information content (AvgIpc) is 3.32. The van der Waals surface area contributed by atoms with E-state index in [1.165, 1.54) is 0 Å². The molecule has 1 atom stereocenters. The van der Waals surface area contributed by atoms with Crippen LogP contribution in [0, 0.1) is 5.92 Å². The van der Waals surface area contributed by atoms with Crippen LogP contribution in [0.4, 0.5) is 11.6 Å². The SMILES string of the molecule is CCC1CCN(C(=O)c2ccc(Nc3ncc4c(n3)-c3ccc(OC)cc3C(=O)NC4)cc2)C1. The van der Waals surface area contributed by atoms with Crippen LogP contribution in [0.2, 0.25) is 0 Å². The molecule has 3 aromatic rings. The molecule has 5 rings (SSSR count). The van der Waals surface area contributed by atoms with Gasteiger partial charge in [-0.15, -0.1) is 0 Å². The van der Waals surface area contributed by atoms with Crippen LogP contribution in [0.15, 0.2) is 48.7 Å². The molecule has 2 N–H and O–H groups in total. The second-order valence-electron chi connectivity index (χ2n) is 8.68. The van der Waals surface area contributed by atoms with Crippen molar-refractivity contribution >= 4 is 23.5 Å². The number of aromatic nitrogens is 2. The highest BCUT2D eigenvalue weighted by Crippen LogP contribution is 2.31. The number of nitrogens with one attached hydrogen (secondary N) is 2. The van der Waals surface area contributed by atoms with Gasteiger partial charge in [0.1, 0.15) is 5.75 Å². The summed E-state index contributed by atoms with van der Waals surface area (Å²) in [5.41, 5.74) is 4.23. The van der Waals surface area contributed by atoms with Gasteiger partial charge in [-0.05, 0) is 54.8 Å². The van der Waals surface area contributed by atoms with Crippen molar-refractivity contribution in [1.29, 1.82) is 0 Å². The van der Waals surface area contributed by atoms with E-state index in [2.05, 4.69) is 22.5 Å². The fourth-order valence-corrected chi connectivity index (χ4v) is 4.50. The summed E-state index contributed by atoms with van der Waals surface area (Å²) in [6.45, 7) is 4.18. The molecular formula is C26H27N5O3. The molecule has 1 fully saturated rings. The topological polar surface area (TPSA) is 96.5 Å². The van der Waals surface area contributed by atoms with E-state index in [1.807, 2.05) is 41.3 Å². The molecule has 0 spiro atoms. The van der Waals surface area contributed by atoms with Gasteiger partial charge in [0, 0.05) is 48.2 Å². The Bertz CT molecular complexity index is 1240. The van der Waals surface area contributed by atoms with E-state index in [4.69, 9.17) is 9.72 Å². The number of benzene rings is 2. The smallest absolute Gasteiger partial charge is 0.253 e. The standard InChI is InChI=1S/C26H27N5O3/c1-3-16-10-11-31(15-16)25(33)17-4-6-19(7-5-17)29-26-28-14-18-13-27-24(32)22-12-20(34-2)8-9-21(22)23(18)30-26/h4-9,12,14,16H,3,10-11,13,15H2,1-2H3,(H,27,32)(H,28,29,30).